The molecule has 0 radical (unpaired) electrons. The van der Waals surface area contributed by atoms with Gasteiger partial charge in [0.15, 0.2) is 0 Å². The summed E-state index contributed by atoms with van der Waals surface area (Å²) in [5.74, 6) is -0.516. The van der Waals surface area contributed by atoms with Crippen LogP contribution in [0.2, 0.25) is 0 Å². The van der Waals surface area contributed by atoms with Crippen LogP contribution in [0.15, 0.2) is 24.3 Å². The van der Waals surface area contributed by atoms with Gasteiger partial charge in [0.2, 0.25) is 0 Å². The Morgan fingerprint density at radius 3 is 2.75 bits per heavy atom. The Hall–Kier alpha value is -1.73. The molecule has 1 atom stereocenters. The van der Waals surface area contributed by atoms with E-state index in [1.54, 1.807) is 12.1 Å². The second kappa shape index (κ2) is 7.44. The molecule has 1 N–H and O–H groups in total. The molecule has 2 aliphatic rings. The fraction of sp³-hybridized carbons (Fsp3) is 0.588. The molecule has 5 nitrogen and oxygen atoms in total. The molecular weight excluding hydrogens is 320 g/mol. The molecule has 0 bridgehead atoms. The van der Waals surface area contributed by atoms with Gasteiger partial charge >= 0.3 is 6.61 Å². The lowest BCUT2D eigenvalue weighted by atomic mass is 9.84. The van der Waals surface area contributed by atoms with E-state index in [2.05, 4.69) is 10.1 Å². The van der Waals surface area contributed by atoms with Crippen LogP contribution in [0, 0.1) is 0 Å². The number of hydrogen-bond donors (Lipinski definition) is 1. The third-order valence-electron chi connectivity index (χ3n) is 4.58. The molecule has 0 saturated carbocycles. The van der Waals surface area contributed by atoms with Gasteiger partial charge in [-0.3, -0.25) is 4.79 Å². The Labute approximate surface area is 139 Å². The Bertz CT molecular complexity index is 570. The van der Waals surface area contributed by atoms with E-state index in [0.717, 1.165) is 12.8 Å². The second-order valence-electron chi connectivity index (χ2n) is 6.18. The van der Waals surface area contributed by atoms with E-state index in [0.29, 0.717) is 32.7 Å². The van der Waals surface area contributed by atoms with Crippen molar-refractivity contribution in [3.8, 4) is 5.75 Å². The lowest BCUT2D eigenvalue weighted by Crippen LogP contribution is -2.51. The minimum Gasteiger partial charge on any atom is -0.434 e. The summed E-state index contributed by atoms with van der Waals surface area (Å²) in [5, 5.41) is 2.94. The summed E-state index contributed by atoms with van der Waals surface area (Å²) in [6.45, 7) is -1.08. The van der Waals surface area contributed by atoms with Crippen molar-refractivity contribution >= 4 is 5.91 Å². The van der Waals surface area contributed by atoms with Gasteiger partial charge in [-0.1, -0.05) is 12.1 Å². The second-order valence-corrected chi connectivity index (χ2v) is 6.18. The van der Waals surface area contributed by atoms with Crippen LogP contribution in [0.5, 0.6) is 5.75 Å². The largest absolute Gasteiger partial charge is 0.434 e. The van der Waals surface area contributed by atoms with E-state index in [4.69, 9.17) is 9.47 Å². The highest BCUT2D eigenvalue weighted by atomic mass is 19.3. The van der Waals surface area contributed by atoms with Crippen molar-refractivity contribution in [1.29, 1.82) is 0 Å². The quantitative estimate of drug-likeness (QED) is 0.915. The molecule has 24 heavy (non-hydrogen) atoms. The lowest BCUT2D eigenvalue weighted by Gasteiger charge is -2.43. The maximum Gasteiger partial charge on any atom is 0.387 e. The number of nitrogens with one attached hydrogen (secondary N) is 1. The number of ether oxygens (including phenoxy) is 3. The third-order valence-corrected chi connectivity index (χ3v) is 4.58. The topological polar surface area (TPSA) is 56.8 Å². The molecule has 1 aromatic carbocycles. The van der Waals surface area contributed by atoms with Crippen LogP contribution >= 0.6 is 0 Å². The molecule has 2 saturated heterocycles. The molecule has 2 fully saturated rings. The van der Waals surface area contributed by atoms with Crippen molar-refractivity contribution in [3.63, 3.8) is 0 Å². The van der Waals surface area contributed by atoms with Crippen LogP contribution in [0.1, 0.15) is 36.0 Å². The summed E-state index contributed by atoms with van der Waals surface area (Å²) in [7, 11) is 0. The molecule has 2 heterocycles. The molecule has 0 aromatic heterocycles. The molecule has 1 spiro atoms. The van der Waals surface area contributed by atoms with Crippen LogP contribution in [0.3, 0.4) is 0 Å². The van der Waals surface area contributed by atoms with Gasteiger partial charge in [-0.2, -0.15) is 8.78 Å². The summed E-state index contributed by atoms with van der Waals surface area (Å²) in [6, 6.07) is 5.97. The number of alkyl halides is 2. The van der Waals surface area contributed by atoms with Crippen LogP contribution in [0.4, 0.5) is 8.78 Å². The average molecular weight is 341 g/mol. The average Bonchev–Trinajstić information content (AvgIpc) is 2.55. The molecule has 7 heteroatoms. The third kappa shape index (κ3) is 4.02. The van der Waals surface area contributed by atoms with Crippen molar-refractivity contribution in [2.45, 2.75) is 43.9 Å². The first kappa shape index (κ1) is 17.1. The SMILES string of the molecule is O=C(NC1CCOC2(CCOCC2)C1)c1ccccc1OC(F)F. The number of para-hydroxylation sites is 1. The molecule has 1 amide bonds. The molecule has 132 valence electrons. The van der Waals surface area contributed by atoms with Crippen LogP contribution in [-0.2, 0) is 9.47 Å². The number of carbonyl (C=O) groups is 1. The first-order valence-electron chi connectivity index (χ1n) is 8.14. The maximum absolute atomic E-state index is 12.5. The van der Waals surface area contributed by atoms with Crippen molar-refractivity contribution in [2.75, 3.05) is 19.8 Å². The highest BCUT2D eigenvalue weighted by Gasteiger charge is 2.39. The zero-order valence-corrected chi connectivity index (χ0v) is 13.3. The van der Waals surface area contributed by atoms with Gasteiger partial charge in [0.1, 0.15) is 5.75 Å². The fourth-order valence-corrected chi connectivity index (χ4v) is 3.36. The molecular formula is C17H21F2NO4. The molecule has 3 rings (SSSR count). The Balaban J connectivity index is 1.66. The Morgan fingerprint density at radius 2 is 2.00 bits per heavy atom. The monoisotopic (exact) mass is 341 g/mol. The van der Waals surface area contributed by atoms with E-state index in [-0.39, 0.29) is 23.0 Å². The predicted octanol–water partition coefficient (Wildman–Crippen LogP) is 2.75. The summed E-state index contributed by atoms with van der Waals surface area (Å²) in [5.41, 5.74) is -0.127. The number of carbonyl (C=O) groups excluding carboxylic acids is 1. The summed E-state index contributed by atoms with van der Waals surface area (Å²) < 4.78 is 40.7. The number of benzene rings is 1. The van der Waals surface area contributed by atoms with E-state index in [1.807, 2.05) is 0 Å². The lowest BCUT2D eigenvalue weighted by molar-refractivity contribution is -0.139. The van der Waals surface area contributed by atoms with Crippen LogP contribution in [-0.4, -0.2) is 44.0 Å². The summed E-state index contributed by atoms with van der Waals surface area (Å²) >= 11 is 0. The normalized spacial score (nSPS) is 23.2. The van der Waals surface area contributed by atoms with Crippen molar-refractivity contribution < 1.29 is 27.8 Å². The van der Waals surface area contributed by atoms with Crippen molar-refractivity contribution in [3.05, 3.63) is 29.8 Å². The fourth-order valence-electron chi connectivity index (χ4n) is 3.36. The van der Waals surface area contributed by atoms with Gasteiger partial charge in [0.25, 0.3) is 5.91 Å². The van der Waals surface area contributed by atoms with Gasteiger partial charge < -0.3 is 19.5 Å². The first-order chi connectivity index (χ1) is 11.6. The molecule has 1 aromatic rings. The first-order valence-corrected chi connectivity index (χ1v) is 8.14. The number of amides is 1. The Morgan fingerprint density at radius 1 is 1.25 bits per heavy atom. The van der Waals surface area contributed by atoms with E-state index in [9.17, 15) is 13.6 Å². The zero-order valence-electron chi connectivity index (χ0n) is 13.3. The summed E-state index contributed by atoms with van der Waals surface area (Å²) in [4.78, 5) is 12.5. The molecule has 0 aliphatic carbocycles. The predicted molar refractivity (Wildman–Crippen MR) is 82.3 cm³/mol. The standard InChI is InChI=1S/C17H21F2NO4/c18-16(19)24-14-4-2-1-3-13(14)15(21)20-12-5-8-23-17(11-12)6-9-22-10-7-17/h1-4,12,16H,5-11H2,(H,20,21). The number of hydrogen-bond acceptors (Lipinski definition) is 4. The molecule has 2 aliphatic heterocycles. The maximum atomic E-state index is 12.5. The van der Waals surface area contributed by atoms with Gasteiger partial charge in [0.05, 0.1) is 11.2 Å². The highest BCUT2D eigenvalue weighted by Crippen LogP contribution is 2.34. The Kier molecular flexibility index (Phi) is 5.30. The van der Waals surface area contributed by atoms with Crippen LogP contribution < -0.4 is 10.1 Å². The minimum atomic E-state index is -2.97. The minimum absolute atomic E-state index is 0.0519. The van der Waals surface area contributed by atoms with Crippen molar-refractivity contribution in [2.24, 2.45) is 0 Å². The highest BCUT2D eigenvalue weighted by molar-refractivity contribution is 5.97. The van der Waals surface area contributed by atoms with E-state index in [1.165, 1.54) is 12.1 Å². The van der Waals surface area contributed by atoms with Gasteiger partial charge in [-0.05, 0) is 37.8 Å². The van der Waals surface area contributed by atoms with E-state index < -0.39 is 12.5 Å². The number of rotatable bonds is 4. The van der Waals surface area contributed by atoms with E-state index >= 15 is 0 Å². The van der Waals surface area contributed by atoms with Crippen molar-refractivity contribution in [1.82, 2.24) is 5.32 Å². The smallest absolute Gasteiger partial charge is 0.387 e. The number of halogens is 2. The zero-order chi connectivity index (χ0) is 17.0. The summed E-state index contributed by atoms with van der Waals surface area (Å²) in [6.07, 6.45) is 3.03. The van der Waals surface area contributed by atoms with Gasteiger partial charge in [-0.15, -0.1) is 0 Å². The van der Waals surface area contributed by atoms with Crippen LogP contribution in [0.25, 0.3) is 0 Å². The molecule has 1 unspecified atom stereocenters. The van der Waals surface area contributed by atoms with Gasteiger partial charge in [-0.25, -0.2) is 0 Å². The van der Waals surface area contributed by atoms with Gasteiger partial charge in [0, 0.05) is 25.9 Å².